The molecule has 0 saturated heterocycles. The van der Waals surface area contributed by atoms with Gasteiger partial charge >= 0.3 is 0 Å². The Kier molecular flexibility index (Phi) is 6.41. The summed E-state index contributed by atoms with van der Waals surface area (Å²) in [6, 6.07) is 2.62. The Balaban J connectivity index is 2.57. The van der Waals surface area contributed by atoms with Crippen molar-refractivity contribution in [1.29, 1.82) is 0 Å². The molecule has 3 nitrogen and oxygen atoms in total. The van der Waals surface area contributed by atoms with Gasteiger partial charge in [0.2, 0.25) is 0 Å². The second kappa shape index (κ2) is 7.57. The molecule has 1 rings (SSSR count). The van der Waals surface area contributed by atoms with Crippen LogP contribution in [0, 0.1) is 11.8 Å². The van der Waals surface area contributed by atoms with E-state index in [1.165, 1.54) is 12.1 Å². The Labute approximate surface area is 112 Å². The highest BCUT2D eigenvalue weighted by Crippen LogP contribution is 2.16. The molecule has 0 saturated carbocycles. The molecule has 0 bridgehead atoms. The van der Waals surface area contributed by atoms with Gasteiger partial charge < -0.3 is 5.32 Å². The molecular formula is C15H29N3. The van der Waals surface area contributed by atoms with E-state index in [4.69, 9.17) is 0 Å². The van der Waals surface area contributed by atoms with E-state index in [-0.39, 0.29) is 0 Å². The Bertz CT molecular complexity index is 328. The van der Waals surface area contributed by atoms with Crippen molar-refractivity contribution in [2.45, 2.75) is 53.5 Å². The number of aromatic nitrogens is 2. The molecule has 1 aromatic heterocycles. The van der Waals surface area contributed by atoms with E-state index < -0.39 is 0 Å². The number of nitrogens with one attached hydrogen (secondary N) is 1. The third kappa shape index (κ3) is 5.21. The van der Waals surface area contributed by atoms with Crippen molar-refractivity contribution in [1.82, 2.24) is 15.1 Å². The molecule has 0 aliphatic heterocycles. The summed E-state index contributed by atoms with van der Waals surface area (Å²) >= 11 is 0. The molecule has 0 aliphatic carbocycles. The minimum atomic E-state index is 0.455. The average molecular weight is 251 g/mol. The number of nitrogens with zero attached hydrogens (tertiary/aromatic N) is 2. The molecule has 1 atom stereocenters. The summed E-state index contributed by atoms with van der Waals surface area (Å²) in [4.78, 5) is 0. The quantitative estimate of drug-likeness (QED) is 0.768. The van der Waals surface area contributed by atoms with Gasteiger partial charge in [0.15, 0.2) is 0 Å². The zero-order chi connectivity index (χ0) is 13.5. The maximum atomic E-state index is 4.65. The molecule has 1 aromatic rings. The maximum absolute atomic E-state index is 4.65. The molecule has 0 radical (unpaired) electrons. The highest BCUT2D eigenvalue weighted by Gasteiger charge is 2.13. The van der Waals surface area contributed by atoms with E-state index in [1.807, 2.05) is 0 Å². The van der Waals surface area contributed by atoms with Crippen LogP contribution in [-0.4, -0.2) is 22.9 Å². The van der Waals surface area contributed by atoms with Gasteiger partial charge in [-0.15, -0.1) is 0 Å². The summed E-state index contributed by atoms with van der Waals surface area (Å²) in [7, 11) is 0. The van der Waals surface area contributed by atoms with E-state index in [9.17, 15) is 0 Å². The van der Waals surface area contributed by atoms with E-state index in [0.29, 0.717) is 12.0 Å². The minimum absolute atomic E-state index is 0.455. The largest absolute Gasteiger partial charge is 0.317 e. The van der Waals surface area contributed by atoms with Crippen LogP contribution < -0.4 is 5.32 Å². The van der Waals surface area contributed by atoms with Gasteiger partial charge in [0.25, 0.3) is 0 Å². The van der Waals surface area contributed by atoms with E-state index in [0.717, 1.165) is 25.4 Å². The molecule has 3 heteroatoms. The molecule has 18 heavy (non-hydrogen) atoms. The molecule has 1 heterocycles. The molecule has 1 unspecified atom stereocenters. The van der Waals surface area contributed by atoms with Crippen LogP contribution in [0.25, 0.3) is 0 Å². The summed E-state index contributed by atoms with van der Waals surface area (Å²) < 4.78 is 2.05. The summed E-state index contributed by atoms with van der Waals surface area (Å²) in [6.07, 6.45) is 4.45. The Morgan fingerprint density at radius 1 is 1.28 bits per heavy atom. The van der Waals surface area contributed by atoms with Crippen molar-refractivity contribution in [3.63, 3.8) is 0 Å². The first kappa shape index (κ1) is 15.2. The monoisotopic (exact) mass is 251 g/mol. The van der Waals surface area contributed by atoms with Gasteiger partial charge in [0, 0.05) is 12.2 Å². The lowest BCUT2D eigenvalue weighted by molar-refractivity contribution is 0.383. The Morgan fingerprint density at radius 3 is 2.50 bits per heavy atom. The highest BCUT2D eigenvalue weighted by atomic mass is 15.3. The maximum Gasteiger partial charge on any atom is 0.0627 e. The summed E-state index contributed by atoms with van der Waals surface area (Å²) in [6.45, 7) is 13.2. The van der Waals surface area contributed by atoms with Crippen LogP contribution in [0.5, 0.6) is 0 Å². The lowest BCUT2D eigenvalue weighted by atomic mass is 9.93. The topological polar surface area (TPSA) is 29.9 Å². The molecule has 0 amide bonds. The fourth-order valence-corrected chi connectivity index (χ4v) is 2.32. The number of hydrogen-bond acceptors (Lipinski definition) is 2. The molecule has 0 aromatic carbocycles. The van der Waals surface area contributed by atoms with Crippen molar-refractivity contribution in [3.05, 3.63) is 18.0 Å². The fourth-order valence-electron chi connectivity index (χ4n) is 2.32. The van der Waals surface area contributed by atoms with E-state index in [1.54, 1.807) is 0 Å². The van der Waals surface area contributed by atoms with Crippen molar-refractivity contribution in [2.24, 2.45) is 11.8 Å². The lowest BCUT2D eigenvalue weighted by Gasteiger charge is -2.18. The van der Waals surface area contributed by atoms with Crippen molar-refractivity contribution < 1.29 is 0 Å². The predicted molar refractivity (Wildman–Crippen MR) is 77.8 cm³/mol. The molecule has 104 valence electrons. The number of rotatable bonds is 8. The van der Waals surface area contributed by atoms with Crippen LogP contribution in [0.4, 0.5) is 0 Å². The van der Waals surface area contributed by atoms with Gasteiger partial charge in [-0.1, -0.05) is 20.8 Å². The molecular weight excluding hydrogens is 222 g/mol. The second-order valence-electron chi connectivity index (χ2n) is 5.89. The second-order valence-corrected chi connectivity index (χ2v) is 5.89. The standard InChI is InChI=1S/C15H29N3/c1-6-16-11-14(9-12(2)3)10-15-7-8-18(17-15)13(4)5/h7-8,12-14,16H,6,9-11H2,1-5H3. The Hall–Kier alpha value is -0.830. The van der Waals surface area contributed by atoms with Crippen LogP contribution in [0.3, 0.4) is 0 Å². The smallest absolute Gasteiger partial charge is 0.0627 e. The summed E-state index contributed by atoms with van der Waals surface area (Å²) in [5.41, 5.74) is 1.23. The van der Waals surface area contributed by atoms with Crippen molar-refractivity contribution >= 4 is 0 Å². The summed E-state index contributed by atoms with van der Waals surface area (Å²) in [5.74, 6) is 1.45. The third-order valence-corrected chi connectivity index (χ3v) is 3.18. The van der Waals surface area contributed by atoms with Crippen LogP contribution in [0.2, 0.25) is 0 Å². The normalized spacial score (nSPS) is 13.5. The van der Waals surface area contributed by atoms with Gasteiger partial charge in [0.05, 0.1) is 5.69 Å². The molecule has 0 fully saturated rings. The van der Waals surface area contributed by atoms with Gasteiger partial charge in [-0.3, -0.25) is 4.68 Å². The molecule has 0 aliphatic rings. The molecule has 0 spiro atoms. The van der Waals surface area contributed by atoms with Crippen LogP contribution in [-0.2, 0) is 6.42 Å². The third-order valence-electron chi connectivity index (χ3n) is 3.18. The SMILES string of the molecule is CCNCC(Cc1ccn(C(C)C)n1)CC(C)C. The van der Waals surface area contributed by atoms with Crippen molar-refractivity contribution in [3.8, 4) is 0 Å². The van der Waals surface area contributed by atoms with E-state index in [2.05, 4.69) is 62.0 Å². The minimum Gasteiger partial charge on any atom is -0.317 e. The van der Waals surface area contributed by atoms with Gasteiger partial charge in [-0.2, -0.15) is 5.10 Å². The first-order valence-electron chi connectivity index (χ1n) is 7.27. The zero-order valence-corrected chi connectivity index (χ0v) is 12.6. The summed E-state index contributed by atoms with van der Waals surface area (Å²) in [5, 5.41) is 8.12. The fraction of sp³-hybridized carbons (Fsp3) is 0.800. The molecule has 1 N–H and O–H groups in total. The van der Waals surface area contributed by atoms with Gasteiger partial charge in [-0.05, 0) is 57.7 Å². The first-order valence-corrected chi connectivity index (χ1v) is 7.27. The predicted octanol–water partition coefficient (Wildman–Crippen LogP) is 3.28. The average Bonchev–Trinajstić information content (AvgIpc) is 2.73. The highest BCUT2D eigenvalue weighted by molar-refractivity contribution is 5.01. The van der Waals surface area contributed by atoms with Gasteiger partial charge in [0.1, 0.15) is 0 Å². The van der Waals surface area contributed by atoms with E-state index >= 15 is 0 Å². The van der Waals surface area contributed by atoms with Crippen LogP contribution in [0.15, 0.2) is 12.3 Å². The number of hydrogen-bond donors (Lipinski definition) is 1. The van der Waals surface area contributed by atoms with Crippen molar-refractivity contribution in [2.75, 3.05) is 13.1 Å². The Morgan fingerprint density at radius 2 is 2.00 bits per heavy atom. The van der Waals surface area contributed by atoms with Crippen LogP contribution in [0.1, 0.15) is 52.8 Å². The van der Waals surface area contributed by atoms with Gasteiger partial charge in [-0.25, -0.2) is 0 Å². The van der Waals surface area contributed by atoms with Crippen LogP contribution >= 0.6 is 0 Å². The zero-order valence-electron chi connectivity index (χ0n) is 12.6. The first-order chi connectivity index (χ1) is 8.52. The lowest BCUT2D eigenvalue weighted by Crippen LogP contribution is -2.25.